The lowest BCUT2D eigenvalue weighted by Crippen LogP contribution is -2.35. The van der Waals surface area contributed by atoms with Gasteiger partial charge in [-0.2, -0.15) is 0 Å². The van der Waals surface area contributed by atoms with E-state index in [9.17, 15) is 18.0 Å². The first-order valence-electron chi connectivity index (χ1n) is 8.90. The molecule has 0 aromatic heterocycles. The van der Waals surface area contributed by atoms with Crippen molar-refractivity contribution < 1.29 is 22.7 Å². The quantitative estimate of drug-likeness (QED) is 0.658. The van der Waals surface area contributed by atoms with Gasteiger partial charge in [0.1, 0.15) is 0 Å². The number of ether oxygens (including phenoxy) is 1. The van der Waals surface area contributed by atoms with Crippen LogP contribution in [-0.4, -0.2) is 32.9 Å². The van der Waals surface area contributed by atoms with Gasteiger partial charge in [0.15, 0.2) is 6.10 Å². The summed E-state index contributed by atoms with van der Waals surface area (Å²) in [6, 6.07) is 14.2. The van der Waals surface area contributed by atoms with E-state index < -0.39 is 34.0 Å². The van der Waals surface area contributed by atoms with Gasteiger partial charge in [-0.05, 0) is 44.5 Å². The molecule has 0 radical (unpaired) electrons. The number of amides is 1. The third kappa shape index (κ3) is 5.64. The van der Waals surface area contributed by atoms with Gasteiger partial charge in [-0.1, -0.05) is 36.4 Å². The van der Waals surface area contributed by atoms with Gasteiger partial charge < -0.3 is 10.1 Å². The minimum absolute atomic E-state index is 0.0476. The Balaban J connectivity index is 2.15. The number of benzene rings is 2. The van der Waals surface area contributed by atoms with Gasteiger partial charge in [-0.3, -0.25) is 4.79 Å². The number of rotatable bonds is 8. The van der Waals surface area contributed by atoms with Crippen molar-refractivity contribution in [3.05, 3.63) is 65.7 Å². The third-order valence-corrected chi connectivity index (χ3v) is 5.55. The summed E-state index contributed by atoms with van der Waals surface area (Å²) < 4.78 is 33.0. The number of nitrogens with one attached hydrogen (secondary N) is 2. The van der Waals surface area contributed by atoms with Crippen molar-refractivity contribution in [1.82, 2.24) is 10.0 Å². The highest BCUT2D eigenvalue weighted by Crippen LogP contribution is 2.18. The van der Waals surface area contributed by atoms with E-state index in [4.69, 9.17) is 4.74 Å². The van der Waals surface area contributed by atoms with Crippen molar-refractivity contribution in [2.75, 3.05) is 6.54 Å². The van der Waals surface area contributed by atoms with Crippen molar-refractivity contribution >= 4 is 21.9 Å². The smallest absolute Gasteiger partial charge is 0.338 e. The van der Waals surface area contributed by atoms with Crippen molar-refractivity contribution in [3.8, 4) is 0 Å². The number of esters is 1. The summed E-state index contributed by atoms with van der Waals surface area (Å²) in [6.07, 6.45) is -0.982. The second-order valence-corrected chi connectivity index (χ2v) is 7.94. The molecule has 28 heavy (non-hydrogen) atoms. The molecule has 0 aliphatic rings. The first-order chi connectivity index (χ1) is 13.2. The van der Waals surface area contributed by atoms with E-state index in [2.05, 4.69) is 10.0 Å². The number of sulfonamides is 1. The fraction of sp³-hybridized carbons (Fsp3) is 0.300. The van der Waals surface area contributed by atoms with Crippen LogP contribution in [0.1, 0.15) is 42.7 Å². The molecule has 0 spiro atoms. The van der Waals surface area contributed by atoms with Crippen LogP contribution in [0, 0.1) is 0 Å². The summed E-state index contributed by atoms with van der Waals surface area (Å²) in [7, 11) is -3.85. The van der Waals surface area contributed by atoms with E-state index in [1.54, 1.807) is 13.8 Å². The fourth-order valence-corrected chi connectivity index (χ4v) is 3.78. The second-order valence-electron chi connectivity index (χ2n) is 6.22. The van der Waals surface area contributed by atoms with Crippen molar-refractivity contribution in [3.63, 3.8) is 0 Å². The molecule has 0 heterocycles. The van der Waals surface area contributed by atoms with Gasteiger partial charge in [-0.15, -0.1) is 0 Å². The fourth-order valence-electron chi connectivity index (χ4n) is 2.50. The highest BCUT2D eigenvalue weighted by Gasteiger charge is 2.22. The minimum atomic E-state index is -3.85. The molecule has 0 fully saturated rings. The average Bonchev–Trinajstić information content (AvgIpc) is 2.68. The van der Waals surface area contributed by atoms with Crippen LogP contribution in [0.4, 0.5) is 0 Å². The zero-order valence-corrected chi connectivity index (χ0v) is 16.8. The molecule has 1 amide bonds. The van der Waals surface area contributed by atoms with Gasteiger partial charge in [0.25, 0.3) is 5.91 Å². The molecule has 0 aliphatic heterocycles. The Bertz CT molecular complexity index is 929. The molecule has 8 heteroatoms. The van der Waals surface area contributed by atoms with Gasteiger partial charge in [0.05, 0.1) is 10.5 Å². The first kappa shape index (κ1) is 21.6. The molecule has 0 aliphatic carbocycles. The first-order valence-corrected chi connectivity index (χ1v) is 10.4. The number of hydrogen-bond acceptors (Lipinski definition) is 5. The van der Waals surface area contributed by atoms with E-state index >= 15 is 0 Å². The van der Waals surface area contributed by atoms with Crippen LogP contribution < -0.4 is 10.0 Å². The average molecular weight is 404 g/mol. The maximum Gasteiger partial charge on any atom is 0.338 e. The lowest BCUT2D eigenvalue weighted by molar-refractivity contribution is -0.128. The van der Waals surface area contributed by atoms with E-state index in [1.165, 1.54) is 31.2 Å². The van der Waals surface area contributed by atoms with E-state index in [0.29, 0.717) is 6.54 Å². The molecule has 150 valence electrons. The Morgan fingerprint density at radius 2 is 1.71 bits per heavy atom. The summed E-state index contributed by atoms with van der Waals surface area (Å²) >= 11 is 0. The van der Waals surface area contributed by atoms with Crippen LogP contribution in [0.5, 0.6) is 0 Å². The molecule has 0 unspecified atom stereocenters. The molecular formula is C20H24N2O5S. The molecule has 0 saturated heterocycles. The maximum absolute atomic E-state index is 12.7. The molecule has 2 aromatic carbocycles. The molecule has 2 atom stereocenters. The molecular weight excluding hydrogens is 380 g/mol. The Labute approximate surface area is 165 Å². The Kier molecular flexibility index (Phi) is 7.31. The number of carbonyl (C=O) groups excluding carboxylic acids is 2. The molecule has 2 rings (SSSR count). The summed E-state index contributed by atoms with van der Waals surface area (Å²) in [4.78, 5) is 23.9. The summed E-state index contributed by atoms with van der Waals surface area (Å²) in [5, 5.41) is 2.55. The normalized spacial score (nSPS) is 13.4. The second kappa shape index (κ2) is 9.48. The van der Waals surface area contributed by atoms with E-state index in [1.807, 2.05) is 30.3 Å². The summed E-state index contributed by atoms with van der Waals surface area (Å²) in [5.41, 5.74) is 0.865. The zero-order valence-electron chi connectivity index (χ0n) is 16.0. The predicted octanol–water partition coefficient (Wildman–Crippen LogP) is 2.41. The minimum Gasteiger partial charge on any atom is -0.449 e. The zero-order chi connectivity index (χ0) is 20.7. The van der Waals surface area contributed by atoms with Crippen LogP contribution in [0.2, 0.25) is 0 Å². The molecule has 7 nitrogen and oxygen atoms in total. The van der Waals surface area contributed by atoms with Crippen LogP contribution in [0.3, 0.4) is 0 Å². The highest BCUT2D eigenvalue weighted by atomic mass is 32.2. The summed E-state index contributed by atoms with van der Waals surface area (Å²) in [6.45, 7) is 5.36. The van der Waals surface area contributed by atoms with Crippen LogP contribution in [-0.2, 0) is 19.6 Å². The summed E-state index contributed by atoms with van der Waals surface area (Å²) in [5.74, 6) is -1.19. The lowest BCUT2D eigenvalue weighted by Gasteiger charge is -2.15. The predicted molar refractivity (Wildman–Crippen MR) is 105 cm³/mol. The standard InChI is InChI=1S/C20H24N2O5S/c1-4-21-19(23)15(3)27-20(24)17-11-8-12-18(13-17)28(25,26)22-14(2)16-9-6-5-7-10-16/h5-15,22H,4H2,1-3H3,(H,21,23)/t14-,15-/m1/s1. The lowest BCUT2D eigenvalue weighted by atomic mass is 10.1. The van der Waals surface area contributed by atoms with E-state index in [-0.39, 0.29) is 10.5 Å². The molecule has 0 saturated carbocycles. The SMILES string of the molecule is CCNC(=O)[C@@H](C)OC(=O)c1cccc(S(=O)(=O)N[C@H](C)c2ccccc2)c1. The number of likely N-dealkylation sites (N-methyl/N-ethyl adjacent to an activating group) is 1. The largest absolute Gasteiger partial charge is 0.449 e. The van der Waals surface area contributed by atoms with Gasteiger partial charge >= 0.3 is 5.97 Å². The van der Waals surface area contributed by atoms with Gasteiger partial charge in [0.2, 0.25) is 10.0 Å². The van der Waals surface area contributed by atoms with Crippen molar-refractivity contribution in [1.29, 1.82) is 0 Å². The molecule has 2 N–H and O–H groups in total. The van der Waals surface area contributed by atoms with Crippen molar-refractivity contribution in [2.24, 2.45) is 0 Å². The third-order valence-electron chi connectivity index (χ3n) is 4.02. The topological polar surface area (TPSA) is 102 Å². The number of hydrogen-bond donors (Lipinski definition) is 2. The monoisotopic (exact) mass is 404 g/mol. The van der Waals surface area contributed by atoms with Gasteiger partial charge in [0, 0.05) is 12.6 Å². The molecule has 0 bridgehead atoms. The van der Waals surface area contributed by atoms with Gasteiger partial charge in [-0.25, -0.2) is 17.9 Å². The van der Waals surface area contributed by atoms with Crippen molar-refractivity contribution in [2.45, 2.75) is 37.8 Å². The van der Waals surface area contributed by atoms with Crippen LogP contribution in [0.25, 0.3) is 0 Å². The molecule has 2 aromatic rings. The Morgan fingerprint density at radius 3 is 2.36 bits per heavy atom. The van der Waals surface area contributed by atoms with Crippen LogP contribution >= 0.6 is 0 Å². The Hall–Kier alpha value is -2.71. The Morgan fingerprint density at radius 1 is 1.04 bits per heavy atom. The maximum atomic E-state index is 12.7. The highest BCUT2D eigenvalue weighted by molar-refractivity contribution is 7.89. The van der Waals surface area contributed by atoms with Crippen LogP contribution in [0.15, 0.2) is 59.5 Å². The van der Waals surface area contributed by atoms with E-state index in [0.717, 1.165) is 5.56 Å². The number of carbonyl (C=O) groups is 2.